The third kappa shape index (κ3) is 3.13. The van der Waals surface area contributed by atoms with Gasteiger partial charge in [-0.2, -0.15) is 0 Å². The number of alkyl halides is 1. The number of rotatable bonds is 4. The summed E-state index contributed by atoms with van der Waals surface area (Å²) in [7, 11) is 0. The van der Waals surface area contributed by atoms with E-state index in [4.69, 9.17) is 27.9 Å². The molecule has 0 N–H and O–H groups in total. The number of nitrogens with zero attached hydrogens (tertiary/aromatic N) is 2. The predicted molar refractivity (Wildman–Crippen MR) is 72.0 cm³/mol. The summed E-state index contributed by atoms with van der Waals surface area (Å²) in [5.41, 5.74) is 0.606. The number of benzene rings is 1. The third-order valence-electron chi connectivity index (χ3n) is 2.33. The van der Waals surface area contributed by atoms with Crippen LogP contribution in [0.4, 0.5) is 5.69 Å². The normalized spacial score (nSPS) is 10.2. The van der Waals surface area contributed by atoms with Crippen LogP contribution in [0, 0.1) is 10.1 Å². The van der Waals surface area contributed by atoms with Gasteiger partial charge in [0.2, 0.25) is 5.88 Å². The van der Waals surface area contributed by atoms with Crippen molar-refractivity contribution in [1.29, 1.82) is 0 Å². The fourth-order valence-corrected chi connectivity index (χ4v) is 1.82. The minimum absolute atomic E-state index is 0.101. The number of hydrogen-bond acceptors (Lipinski definition) is 4. The number of nitro benzene ring substituents is 1. The topological polar surface area (TPSA) is 65.3 Å². The summed E-state index contributed by atoms with van der Waals surface area (Å²) in [4.78, 5) is 14.1. The molecule has 0 atom stereocenters. The molecule has 0 saturated carbocycles. The van der Waals surface area contributed by atoms with Crippen molar-refractivity contribution in [1.82, 2.24) is 4.98 Å². The second-order valence-electron chi connectivity index (χ2n) is 3.58. The average molecular weight is 299 g/mol. The van der Waals surface area contributed by atoms with Crippen molar-refractivity contribution in [3.05, 3.63) is 57.2 Å². The van der Waals surface area contributed by atoms with Gasteiger partial charge in [0.05, 0.1) is 15.8 Å². The molecule has 5 nitrogen and oxygen atoms in total. The molecule has 0 unspecified atom stereocenters. The van der Waals surface area contributed by atoms with Crippen molar-refractivity contribution in [3.63, 3.8) is 0 Å². The Balaban J connectivity index is 2.31. The number of halogens is 2. The maximum atomic E-state index is 10.6. The summed E-state index contributed by atoms with van der Waals surface area (Å²) in [6.07, 6.45) is 1.56. The molecule has 2 rings (SSSR count). The van der Waals surface area contributed by atoms with Crippen LogP contribution in [0.3, 0.4) is 0 Å². The van der Waals surface area contributed by atoms with Gasteiger partial charge >= 0.3 is 0 Å². The zero-order valence-corrected chi connectivity index (χ0v) is 11.1. The lowest BCUT2D eigenvalue weighted by Gasteiger charge is -2.09. The number of hydrogen-bond donors (Lipinski definition) is 0. The minimum Gasteiger partial charge on any atom is -0.437 e. The maximum absolute atomic E-state index is 10.6. The summed E-state index contributed by atoms with van der Waals surface area (Å²) in [6, 6.07) is 7.47. The molecule has 0 aliphatic rings. The number of ether oxygens (including phenoxy) is 1. The Morgan fingerprint density at radius 3 is 2.79 bits per heavy atom. The maximum Gasteiger partial charge on any atom is 0.271 e. The smallest absolute Gasteiger partial charge is 0.271 e. The molecular weight excluding hydrogens is 291 g/mol. The van der Waals surface area contributed by atoms with Crippen molar-refractivity contribution in [3.8, 4) is 11.6 Å². The van der Waals surface area contributed by atoms with Crippen molar-refractivity contribution < 1.29 is 9.66 Å². The molecule has 0 bridgehead atoms. The van der Waals surface area contributed by atoms with Crippen LogP contribution in [-0.2, 0) is 5.88 Å². The fraction of sp³-hybridized carbons (Fsp3) is 0.0833. The van der Waals surface area contributed by atoms with E-state index in [1.807, 2.05) is 0 Å². The molecular formula is C12H8Cl2N2O3. The summed E-state index contributed by atoms with van der Waals surface area (Å²) >= 11 is 11.7. The highest BCUT2D eigenvalue weighted by Gasteiger charge is 2.12. The van der Waals surface area contributed by atoms with Gasteiger partial charge in [0.15, 0.2) is 0 Å². The molecule has 1 aromatic carbocycles. The Hall–Kier alpha value is -1.85. The Morgan fingerprint density at radius 2 is 2.16 bits per heavy atom. The van der Waals surface area contributed by atoms with Crippen LogP contribution in [0.25, 0.3) is 0 Å². The quantitative estimate of drug-likeness (QED) is 0.482. The Labute approximate surface area is 118 Å². The average Bonchev–Trinajstić information content (AvgIpc) is 2.41. The molecule has 0 spiro atoms. The second kappa shape index (κ2) is 5.86. The van der Waals surface area contributed by atoms with E-state index < -0.39 is 4.92 Å². The van der Waals surface area contributed by atoms with Gasteiger partial charge in [-0.1, -0.05) is 17.7 Å². The lowest BCUT2D eigenvalue weighted by Crippen LogP contribution is -1.94. The van der Waals surface area contributed by atoms with Gasteiger partial charge in [-0.3, -0.25) is 10.1 Å². The Bertz CT molecular complexity index is 620. The van der Waals surface area contributed by atoms with E-state index in [2.05, 4.69) is 4.98 Å². The largest absolute Gasteiger partial charge is 0.437 e. The first-order valence-corrected chi connectivity index (χ1v) is 6.14. The molecule has 0 radical (unpaired) electrons. The molecule has 0 aliphatic heterocycles. The molecule has 0 amide bonds. The van der Waals surface area contributed by atoms with E-state index in [1.165, 1.54) is 18.2 Å². The highest BCUT2D eigenvalue weighted by molar-refractivity contribution is 6.32. The zero-order chi connectivity index (χ0) is 13.8. The van der Waals surface area contributed by atoms with E-state index in [0.29, 0.717) is 11.4 Å². The number of nitro groups is 1. The van der Waals surface area contributed by atoms with E-state index in [9.17, 15) is 10.1 Å². The van der Waals surface area contributed by atoms with Gasteiger partial charge in [-0.15, -0.1) is 11.6 Å². The van der Waals surface area contributed by atoms with E-state index in [0.717, 1.165) is 0 Å². The molecule has 19 heavy (non-hydrogen) atoms. The molecule has 1 aromatic heterocycles. The molecule has 0 aliphatic carbocycles. The number of aromatic nitrogens is 1. The van der Waals surface area contributed by atoms with E-state index in [-0.39, 0.29) is 22.3 Å². The van der Waals surface area contributed by atoms with Gasteiger partial charge in [0.1, 0.15) is 5.75 Å². The summed E-state index contributed by atoms with van der Waals surface area (Å²) in [5.74, 6) is 0.860. The second-order valence-corrected chi connectivity index (χ2v) is 4.25. The first kappa shape index (κ1) is 13.6. The highest BCUT2D eigenvalue weighted by Crippen LogP contribution is 2.32. The van der Waals surface area contributed by atoms with Gasteiger partial charge in [-0.05, 0) is 12.1 Å². The van der Waals surface area contributed by atoms with Gasteiger partial charge in [-0.25, -0.2) is 4.98 Å². The summed E-state index contributed by atoms with van der Waals surface area (Å²) in [5, 5.41) is 10.7. The highest BCUT2D eigenvalue weighted by atomic mass is 35.5. The molecule has 7 heteroatoms. The van der Waals surface area contributed by atoms with Crippen molar-refractivity contribution in [2.45, 2.75) is 5.88 Å². The first-order chi connectivity index (χ1) is 9.11. The van der Waals surface area contributed by atoms with Crippen LogP contribution in [0.15, 0.2) is 36.5 Å². The monoisotopic (exact) mass is 298 g/mol. The molecule has 1 heterocycles. The van der Waals surface area contributed by atoms with E-state index >= 15 is 0 Å². The minimum atomic E-state index is -0.527. The van der Waals surface area contributed by atoms with Crippen molar-refractivity contribution in [2.24, 2.45) is 0 Å². The standard InChI is InChI=1S/C12H8Cl2N2O3/c13-7-8-2-1-5-15-12(8)19-11-4-3-9(16(17)18)6-10(11)14/h1-6H,7H2. The van der Waals surface area contributed by atoms with Crippen LogP contribution < -0.4 is 4.74 Å². The van der Waals surface area contributed by atoms with Gasteiger partial charge in [0, 0.05) is 23.9 Å². The Morgan fingerprint density at radius 1 is 1.37 bits per heavy atom. The van der Waals surface area contributed by atoms with Crippen LogP contribution in [0.1, 0.15) is 5.56 Å². The fourth-order valence-electron chi connectivity index (χ4n) is 1.41. The van der Waals surface area contributed by atoms with Crippen molar-refractivity contribution in [2.75, 3.05) is 0 Å². The van der Waals surface area contributed by atoms with Crippen molar-refractivity contribution >= 4 is 28.9 Å². The zero-order valence-electron chi connectivity index (χ0n) is 9.55. The van der Waals surface area contributed by atoms with Crippen LogP contribution in [0.5, 0.6) is 11.6 Å². The SMILES string of the molecule is O=[N+]([O-])c1ccc(Oc2ncccc2CCl)c(Cl)c1. The first-order valence-electron chi connectivity index (χ1n) is 5.23. The molecule has 0 saturated heterocycles. The van der Waals surface area contributed by atoms with Gasteiger partial charge < -0.3 is 4.74 Å². The lowest BCUT2D eigenvalue weighted by atomic mass is 10.3. The molecule has 0 fully saturated rings. The molecule has 2 aromatic rings. The number of pyridine rings is 1. The summed E-state index contributed by atoms with van der Waals surface area (Å²) in [6.45, 7) is 0. The van der Waals surface area contributed by atoms with Crippen LogP contribution in [-0.4, -0.2) is 9.91 Å². The van der Waals surface area contributed by atoms with Crippen LogP contribution in [0.2, 0.25) is 5.02 Å². The van der Waals surface area contributed by atoms with E-state index in [1.54, 1.807) is 18.3 Å². The van der Waals surface area contributed by atoms with Gasteiger partial charge in [0.25, 0.3) is 5.69 Å². The summed E-state index contributed by atoms with van der Waals surface area (Å²) < 4.78 is 5.52. The van der Waals surface area contributed by atoms with Crippen LogP contribution >= 0.6 is 23.2 Å². The molecule has 98 valence electrons. The lowest BCUT2D eigenvalue weighted by molar-refractivity contribution is -0.384. The number of non-ortho nitro benzene ring substituents is 1. The third-order valence-corrected chi connectivity index (χ3v) is 2.91. The predicted octanol–water partition coefficient (Wildman–Crippen LogP) is 4.17. The Kier molecular flexibility index (Phi) is 4.19.